The number of amides is 1. The first-order valence-corrected chi connectivity index (χ1v) is 6.02. The molecule has 0 fully saturated rings. The second-order valence-corrected chi connectivity index (χ2v) is 5.22. The van der Waals surface area contributed by atoms with Crippen molar-refractivity contribution in [2.45, 2.75) is 38.8 Å². The SMILES string of the molecule is CC(C)(C)OC(=O)CC(NC=O)c1ccc(O)cc1. The molecule has 0 aliphatic rings. The third-order valence-electron chi connectivity index (χ3n) is 2.36. The van der Waals surface area contributed by atoms with Gasteiger partial charge in [-0.1, -0.05) is 12.1 Å². The Labute approximate surface area is 112 Å². The van der Waals surface area contributed by atoms with E-state index >= 15 is 0 Å². The third kappa shape index (κ3) is 5.42. The van der Waals surface area contributed by atoms with Gasteiger partial charge in [-0.3, -0.25) is 9.59 Å². The van der Waals surface area contributed by atoms with Gasteiger partial charge in [0.1, 0.15) is 11.4 Å². The Bertz CT molecular complexity index is 434. The summed E-state index contributed by atoms with van der Waals surface area (Å²) in [5.41, 5.74) is 0.174. The average molecular weight is 265 g/mol. The highest BCUT2D eigenvalue weighted by Gasteiger charge is 2.21. The van der Waals surface area contributed by atoms with Crippen molar-refractivity contribution in [1.29, 1.82) is 0 Å². The second kappa shape index (κ2) is 6.22. The molecule has 0 aliphatic carbocycles. The van der Waals surface area contributed by atoms with E-state index in [9.17, 15) is 14.7 Å². The van der Waals surface area contributed by atoms with Crippen molar-refractivity contribution in [2.75, 3.05) is 0 Å². The lowest BCUT2D eigenvalue weighted by Crippen LogP contribution is -2.28. The molecule has 0 saturated carbocycles. The molecule has 0 saturated heterocycles. The summed E-state index contributed by atoms with van der Waals surface area (Å²) in [6, 6.07) is 5.85. The molecule has 0 aliphatic heterocycles. The Hall–Kier alpha value is -2.04. The number of hydrogen-bond donors (Lipinski definition) is 2. The van der Waals surface area contributed by atoms with E-state index < -0.39 is 11.6 Å². The number of aromatic hydroxyl groups is 1. The number of carbonyl (C=O) groups is 2. The Morgan fingerprint density at radius 3 is 2.42 bits per heavy atom. The fraction of sp³-hybridized carbons (Fsp3) is 0.429. The summed E-state index contributed by atoms with van der Waals surface area (Å²) >= 11 is 0. The molecule has 1 rings (SSSR count). The van der Waals surface area contributed by atoms with Gasteiger partial charge in [-0.2, -0.15) is 0 Å². The van der Waals surface area contributed by atoms with E-state index in [0.717, 1.165) is 5.56 Å². The minimum Gasteiger partial charge on any atom is -0.508 e. The molecular weight excluding hydrogens is 246 g/mol. The van der Waals surface area contributed by atoms with Gasteiger partial charge in [0, 0.05) is 0 Å². The van der Waals surface area contributed by atoms with Crippen molar-refractivity contribution in [3.8, 4) is 5.75 Å². The number of hydrogen-bond acceptors (Lipinski definition) is 4. The number of ether oxygens (including phenoxy) is 1. The molecule has 2 N–H and O–H groups in total. The highest BCUT2D eigenvalue weighted by Crippen LogP contribution is 2.21. The van der Waals surface area contributed by atoms with E-state index in [-0.39, 0.29) is 18.1 Å². The molecule has 1 unspecified atom stereocenters. The minimum absolute atomic E-state index is 0.0424. The molecule has 104 valence electrons. The van der Waals surface area contributed by atoms with Gasteiger partial charge in [-0.25, -0.2) is 0 Å². The van der Waals surface area contributed by atoms with E-state index in [0.29, 0.717) is 6.41 Å². The smallest absolute Gasteiger partial charge is 0.308 e. The monoisotopic (exact) mass is 265 g/mol. The van der Waals surface area contributed by atoms with Crippen molar-refractivity contribution in [2.24, 2.45) is 0 Å². The minimum atomic E-state index is -0.558. The number of esters is 1. The van der Waals surface area contributed by atoms with Crippen LogP contribution < -0.4 is 5.32 Å². The van der Waals surface area contributed by atoms with Gasteiger partial charge in [-0.05, 0) is 38.5 Å². The van der Waals surface area contributed by atoms with Crippen molar-refractivity contribution in [3.05, 3.63) is 29.8 Å². The first-order valence-electron chi connectivity index (χ1n) is 6.02. The zero-order chi connectivity index (χ0) is 14.5. The van der Waals surface area contributed by atoms with Crippen LogP contribution in [0.4, 0.5) is 0 Å². The van der Waals surface area contributed by atoms with Crippen molar-refractivity contribution < 1.29 is 19.4 Å². The van der Waals surface area contributed by atoms with E-state index in [1.165, 1.54) is 12.1 Å². The molecule has 5 heteroatoms. The molecule has 0 bridgehead atoms. The molecule has 1 aromatic rings. The predicted molar refractivity (Wildman–Crippen MR) is 70.5 cm³/mol. The number of phenolic OH excluding ortho intramolecular Hbond substituents is 1. The molecule has 0 aromatic heterocycles. The van der Waals surface area contributed by atoms with E-state index in [2.05, 4.69) is 5.32 Å². The maximum absolute atomic E-state index is 11.8. The van der Waals surface area contributed by atoms with Gasteiger partial charge < -0.3 is 15.2 Å². The lowest BCUT2D eigenvalue weighted by Gasteiger charge is -2.22. The zero-order valence-corrected chi connectivity index (χ0v) is 11.3. The quantitative estimate of drug-likeness (QED) is 0.630. The summed E-state index contributed by atoms with van der Waals surface area (Å²) in [4.78, 5) is 22.4. The van der Waals surface area contributed by atoms with Crippen molar-refractivity contribution in [1.82, 2.24) is 5.32 Å². The van der Waals surface area contributed by atoms with Crippen LogP contribution >= 0.6 is 0 Å². The summed E-state index contributed by atoms with van der Waals surface area (Å²) < 4.78 is 5.22. The zero-order valence-electron chi connectivity index (χ0n) is 11.3. The van der Waals surface area contributed by atoms with Crippen molar-refractivity contribution in [3.63, 3.8) is 0 Å². The van der Waals surface area contributed by atoms with E-state index in [1.807, 2.05) is 0 Å². The Morgan fingerprint density at radius 2 is 1.95 bits per heavy atom. The number of phenols is 1. The van der Waals surface area contributed by atoms with Gasteiger partial charge in [0.2, 0.25) is 6.41 Å². The molecule has 1 amide bonds. The Kier molecular flexibility index (Phi) is 4.92. The maximum Gasteiger partial charge on any atom is 0.308 e. The summed E-state index contributed by atoms with van der Waals surface area (Å²) in [5.74, 6) is -0.259. The van der Waals surface area contributed by atoms with Gasteiger partial charge in [0.15, 0.2) is 0 Å². The van der Waals surface area contributed by atoms with Gasteiger partial charge in [0.05, 0.1) is 12.5 Å². The summed E-state index contributed by atoms with van der Waals surface area (Å²) in [5, 5.41) is 11.8. The first kappa shape index (κ1) is 15.0. The molecule has 0 heterocycles. The van der Waals surface area contributed by atoms with E-state index in [1.54, 1.807) is 32.9 Å². The van der Waals surface area contributed by atoms with Crippen molar-refractivity contribution >= 4 is 12.4 Å². The Morgan fingerprint density at radius 1 is 1.37 bits per heavy atom. The number of carbonyl (C=O) groups excluding carboxylic acids is 2. The Balaban J connectivity index is 2.75. The molecule has 1 atom stereocenters. The molecule has 5 nitrogen and oxygen atoms in total. The van der Waals surface area contributed by atoms with Gasteiger partial charge >= 0.3 is 5.97 Å². The molecular formula is C14H19NO4. The largest absolute Gasteiger partial charge is 0.508 e. The summed E-state index contributed by atoms with van der Waals surface area (Å²) in [6.07, 6.45) is 0.586. The van der Waals surface area contributed by atoms with Crippen LogP contribution in [0.3, 0.4) is 0 Å². The summed E-state index contributed by atoms with van der Waals surface area (Å²) in [6.45, 7) is 5.36. The maximum atomic E-state index is 11.8. The number of rotatable bonds is 5. The fourth-order valence-electron chi connectivity index (χ4n) is 1.61. The van der Waals surface area contributed by atoms with Gasteiger partial charge in [0.25, 0.3) is 0 Å². The van der Waals surface area contributed by atoms with Crippen LogP contribution in [-0.4, -0.2) is 23.1 Å². The van der Waals surface area contributed by atoms with Crippen LogP contribution in [0.25, 0.3) is 0 Å². The van der Waals surface area contributed by atoms with Crippen LogP contribution in [0.1, 0.15) is 38.8 Å². The predicted octanol–water partition coefficient (Wildman–Crippen LogP) is 1.91. The van der Waals surface area contributed by atoms with E-state index in [4.69, 9.17) is 4.74 Å². The number of benzene rings is 1. The lowest BCUT2D eigenvalue weighted by molar-refractivity contribution is -0.155. The van der Waals surface area contributed by atoms with Crippen LogP contribution in [0.5, 0.6) is 5.75 Å². The standard InChI is InChI=1S/C14H19NO4/c1-14(2,3)19-13(18)8-12(15-9-16)10-4-6-11(17)7-5-10/h4-7,9,12,17H,8H2,1-3H3,(H,15,16). The molecule has 1 aromatic carbocycles. The molecule has 0 radical (unpaired) electrons. The molecule has 19 heavy (non-hydrogen) atoms. The second-order valence-electron chi connectivity index (χ2n) is 5.22. The lowest BCUT2D eigenvalue weighted by atomic mass is 10.0. The fourth-order valence-corrected chi connectivity index (χ4v) is 1.61. The van der Waals surface area contributed by atoms with Crippen LogP contribution in [-0.2, 0) is 14.3 Å². The van der Waals surface area contributed by atoms with Crippen LogP contribution in [0, 0.1) is 0 Å². The highest BCUT2D eigenvalue weighted by molar-refractivity contribution is 5.71. The molecule has 0 spiro atoms. The highest BCUT2D eigenvalue weighted by atomic mass is 16.6. The normalized spacial score (nSPS) is 12.6. The third-order valence-corrected chi connectivity index (χ3v) is 2.36. The van der Waals surface area contributed by atoms with Gasteiger partial charge in [-0.15, -0.1) is 0 Å². The number of nitrogens with one attached hydrogen (secondary N) is 1. The first-order chi connectivity index (χ1) is 8.81. The van der Waals surface area contributed by atoms with Crippen LogP contribution in [0.2, 0.25) is 0 Å². The van der Waals surface area contributed by atoms with Crippen LogP contribution in [0.15, 0.2) is 24.3 Å². The topological polar surface area (TPSA) is 75.6 Å². The summed E-state index contributed by atoms with van der Waals surface area (Å²) in [7, 11) is 0. The average Bonchev–Trinajstić information content (AvgIpc) is 2.27.